The molecule has 0 saturated carbocycles. The van der Waals surface area contributed by atoms with Crippen LogP contribution < -0.4 is 19.9 Å². The van der Waals surface area contributed by atoms with Crippen LogP contribution >= 0.6 is 11.6 Å². The molecule has 0 radical (unpaired) electrons. The monoisotopic (exact) mass is 465 g/mol. The van der Waals surface area contributed by atoms with Gasteiger partial charge in [-0.2, -0.15) is 23.4 Å². The van der Waals surface area contributed by atoms with Gasteiger partial charge >= 0.3 is 11.9 Å². The Hall–Kier alpha value is -3.71. The molecule has 0 aliphatic rings. The number of nitriles is 1. The van der Waals surface area contributed by atoms with Crippen molar-refractivity contribution in [3.63, 3.8) is 0 Å². The largest absolute Gasteiger partial charge is 0.482 e. The number of methoxy groups -OCH3 is 1. The van der Waals surface area contributed by atoms with Crippen LogP contribution in [0.1, 0.15) is 16.7 Å². The highest BCUT2D eigenvalue weighted by atomic mass is 35.5. The Bertz CT molecular complexity index is 1250. The first-order chi connectivity index (χ1) is 15.1. The summed E-state index contributed by atoms with van der Waals surface area (Å²) in [5.74, 6) is 0.214. The van der Waals surface area contributed by atoms with E-state index in [9.17, 15) is 23.2 Å². The zero-order valence-corrected chi connectivity index (χ0v) is 17.5. The van der Waals surface area contributed by atoms with Crippen LogP contribution in [0.3, 0.4) is 0 Å². The first-order valence-electron chi connectivity index (χ1n) is 8.95. The van der Waals surface area contributed by atoms with Crippen LogP contribution in [0.2, 0.25) is 5.02 Å². The third kappa shape index (κ3) is 5.12. The molecule has 0 saturated heterocycles. The lowest BCUT2D eigenvalue weighted by molar-refractivity contribution is -0.137. The minimum atomic E-state index is -4.65. The van der Waals surface area contributed by atoms with E-state index in [0.717, 1.165) is 12.1 Å². The summed E-state index contributed by atoms with van der Waals surface area (Å²) in [5.41, 5.74) is -0.995. The summed E-state index contributed by atoms with van der Waals surface area (Å²) in [6, 6.07) is 10.9. The molecule has 0 amide bonds. The topological polar surface area (TPSA) is 86.4 Å². The first-order valence-corrected chi connectivity index (χ1v) is 9.32. The van der Waals surface area contributed by atoms with Crippen molar-refractivity contribution in [3.05, 3.63) is 74.7 Å². The van der Waals surface area contributed by atoms with E-state index in [1.165, 1.54) is 43.0 Å². The Labute approximate surface area is 185 Å². The highest BCUT2D eigenvalue weighted by Gasteiger charge is 2.33. The van der Waals surface area contributed by atoms with Gasteiger partial charge in [0.15, 0.2) is 0 Å². The number of rotatable bonds is 6. The second-order valence-corrected chi connectivity index (χ2v) is 6.86. The van der Waals surface area contributed by atoms with Crippen molar-refractivity contribution >= 4 is 11.6 Å². The Morgan fingerprint density at radius 3 is 2.59 bits per heavy atom. The number of ether oxygens (including phenoxy) is 3. The van der Waals surface area contributed by atoms with E-state index in [2.05, 4.69) is 4.98 Å². The van der Waals surface area contributed by atoms with Gasteiger partial charge in [-0.25, -0.2) is 4.79 Å². The number of hydrogen-bond acceptors (Lipinski definition) is 6. The van der Waals surface area contributed by atoms with Crippen molar-refractivity contribution in [1.82, 2.24) is 9.55 Å². The maximum atomic E-state index is 13.0. The second-order valence-electron chi connectivity index (χ2n) is 6.45. The number of nitrogens with zero attached hydrogens (tertiary/aromatic N) is 3. The van der Waals surface area contributed by atoms with Crippen LogP contribution in [0.5, 0.6) is 23.3 Å². The zero-order chi connectivity index (χ0) is 23.5. The fourth-order valence-electron chi connectivity index (χ4n) is 2.68. The van der Waals surface area contributed by atoms with Crippen LogP contribution in [0.25, 0.3) is 0 Å². The van der Waals surface area contributed by atoms with Gasteiger partial charge in [0.05, 0.1) is 29.3 Å². The highest BCUT2D eigenvalue weighted by molar-refractivity contribution is 6.31. The third-order valence-electron chi connectivity index (χ3n) is 4.30. The Kier molecular flexibility index (Phi) is 6.60. The van der Waals surface area contributed by atoms with Gasteiger partial charge in [-0.1, -0.05) is 17.7 Å². The first kappa shape index (κ1) is 23.0. The smallest absolute Gasteiger partial charge is 0.417 e. The van der Waals surface area contributed by atoms with Crippen molar-refractivity contribution in [1.29, 1.82) is 5.26 Å². The Balaban J connectivity index is 1.79. The van der Waals surface area contributed by atoms with E-state index in [1.807, 2.05) is 6.07 Å². The molecule has 0 bridgehead atoms. The predicted octanol–water partition coefficient (Wildman–Crippen LogP) is 4.70. The molecule has 166 valence electrons. The van der Waals surface area contributed by atoms with Crippen molar-refractivity contribution in [2.75, 3.05) is 7.11 Å². The summed E-state index contributed by atoms with van der Waals surface area (Å²) in [4.78, 5) is 15.6. The molecule has 0 aliphatic heterocycles. The number of aromatic nitrogens is 2. The lowest BCUT2D eigenvalue weighted by Gasteiger charge is -2.13. The lowest BCUT2D eigenvalue weighted by atomic mass is 10.1. The van der Waals surface area contributed by atoms with Crippen molar-refractivity contribution < 1.29 is 27.4 Å². The Morgan fingerprint density at radius 1 is 1.19 bits per heavy atom. The predicted molar refractivity (Wildman–Crippen MR) is 108 cm³/mol. The summed E-state index contributed by atoms with van der Waals surface area (Å²) >= 11 is 5.61. The molecule has 3 aromatic rings. The van der Waals surface area contributed by atoms with Crippen LogP contribution in [0.4, 0.5) is 13.2 Å². The molecular weight excluding hydrogens is 451 g/mol. The summed E-state index contributed by atoms with van der Waals surface area (Å²) in [6.45, 7) is -0.0303. The van der Waals surface area contributed by atoms with Gasteiger partial charge in [0, 0.05) is 7.05 Å². The van der Waals surface area contributed by atoms with Crippen LogP contribution in [0.15, 0.2) is 47.3 Å². The molecule has 0 N–H and O–H groups in total. The Morgan fingerprint density at radius 2 is 1.94 bits per heavy atom. The van der Waals surface area contributed by atoms with E-state index >= 15 is 0 Å². The molecule has 32 heavy (non-hydrogen) atoms. The maximum absolute atomic E-state index is 13.0. The molecule has 7 nitrogen and oxygen atoms in total. The van der Waals surface area contributed by atoms with E-state index in [4.69, 9.17) is 25.8 Å². The second kappa shape index (κ2) is 9.20. The molecule has 0 spiro atoms. The zero-order valence-electron chi connectivity index (χ0n) is 16.7. The molecule has 0 unspecified atom stereocenters. The normalized spacial score (nSPS) is 11.0. The van der Waals surface area contributed by atoms with Crippen LogP contribution in [-0.4, -0.2) is 16.7 Å². The number of halogens is 4. The van der Waals surface area contributed by atoms with Gasteiger partial charge in [-0.15, -0.1) is 0 Å². The summed E-state index contributed by atoms with van der Waals surface area (Å²) in [7, 11) is 2.89. The average molecular weight is 466 g/mol. The molecule has 0 atom stereocenters. The van der Waals surface area contributed by atoms with Crippen molar-refractivity contribution in [2.45, 2.75) is 12.8 Å². The van der Waals surface area contributed by atoms with Gasteiger partial charge < -0.3 is 14.2 Å². The summed E-state index contributed by atoms with van der Waals surface area (Å²) < 4.78 is 56.4. The van der Waals surface area contributed by atoms with Gasteiger partial charge in [0.25, 0.3) is 0 Å². The fourth-order valence-corrected chi connectivity index (χ4v) is 2.91. The van der Waals surface area contributed by atoms with Crippen molar-refractivity contribution in [3.8, 4) is 29.3 Å². The molecular formula is C21H15ClF3N3O4. The number of benzene rings is 2. The number of hydrogen-bond donors (Lipinski definition) is 0. The highest BCUT2D eigenvalue weighted by Crippen LogP contribution is 2.38. The lowest BCUT2D eigenvalue weighted by Crippen LogP contribution is -2.21. The van der Waals surface area contributed by atoms with E-state index in [0.29, 0.717) is 5.56 Å². The standard InChI is InChI=1S/C21H15ClF3N3O4/c1-28-19(30-2)9-18(27-20(28)29)31-11-12-3-6-17(13(7-12)10-26)32-14-4-5-16(22)15(8-14)21(23,24)25/h3-9H,11H2,1-2H3. The molecule has 2 aromatic carbocycles. The fraction of sp³-hybridized carbons (Fsp3) is 0.190. The van der Waals surface area contributed by atoms with E-state index < -0.39 is 22.5 Å². The van der Waals surface area contributed by atoms with Crippen molar-refractivity contribution in [2.24, 2.45) is 7.05 Å². The molecule has 11 heteroatoms. The molecule has 0 aliphatic carbocycles. The van der Waals surface area contributed by atoms with Gasteiger partial charge in [-0.3, -0.25) is 4.57 Å². The quantitative estimate of drug-likeness (QED) is 0.524. The SMILES string of the molecule is COc1cc(OCc2ccc(Oc3ccc(Cl)c(C(F)(F)F)c3)c(C#N)c2)nc(=O)n1C. The maximum Gasteiger partial charge on any atom is 0.417 e. The van der Waals surface area contributed by atoms with Gasteiger partial charge in [-0.05, 0) is 35.9 Å². The molecule has 3 rings (SSSR count). The average Bonchev–Trinajstić information content (AvgIpc) is 2.75. The summed E-state index contributed by atoms with van der Waals surface area (Å²) in [5, 5.41) is 8.97. The van der Waals surface area contributed by atoms with Gasteiger partial charge in [0.1, 0.15) is 24.2 Å². The number of alkyl halides is 3. The van der Waals surface area contributed by atoms with Gasteiger partial charge in [0.2, 0.25) is 11.8 Å². The molecule has 1 heterocycles. The summed E-state index contributed by atoms with van der Waals surface area (Å²) in [6.07, 6.45) is -4.65. The minimum absolute atomic E-state index is 0.0303. The van der Waals surface area contributed by atoms with Crippen LogP contribution in [0, 0.1) is 11.3 Å². The van der Waals surface area contributed by atoms with E-state index in [-0.39, 0.29) is 35.4 Å². The molecule has 1 aromatic heterocycles. The third-order valence-corrected chi connectivity index (χ3v) is 4.63. The minimum Gasteiger partial charge on any atom is -0.482 e. The van der Waals surface area contributed by atoms with E-state index in [1.54, 1.807) is 6.07 Å². The molecule has 0 fully saturated rings. The van der Waals surface area contributed by atoms with Crippen LogP contribution in [-0.2, 0) is 19.8 Å².